The van der Waals surface area contributed by atoms with Gasteiger partial charge in [-0.1, -0.05) is 29.4 Å². The fourth-order valence-corrected chi connectivity index (χ4v) is 3.07. The van der Waals surface area contributed by atoms with E-state index < -0.39 is 0 Å². The highest BCUT2D eigenvalue weighted by Gasteiger charge is 2.23. The lowest BCUT2D eigenvalue weighted by Crippen LogP contribution is -2.24. The van der Waals surface area contributed by atoms with Crippen molar-refractivity contribution in [1.29, 1.82) is 0 Å². The van der Waals surface area contributed by atoms with Crippen LogP contribution in [0.15, 0.2) is 51.8 Å². The van der Waals surface area contributed by atoms with Crippen LogP contribution in [0.1, 0.15) is 40.2 Å². The first-order valence-electron chi connectivity index (χ1n) is 8.18. The molecule has 2 aromatic heterocycles. The van der Waals surface area contributed by atoms with E-state index in [1.165, 1.54) is 0 Å². The number of hydrogen-bond donors (Lipinski definition) is 1. The fourth-order valence-electron chi connectivity index (χ4n) is 3.07. The van der Waals surface area contributed by atoms with Gasteiger partial charge in [0.05, 0.1) is 12.5 Å². The molecule has 1 aliphatic rings. The highest BCUT2D eigenvalue weighted by Crippen LogP contribution is 2.24. The predicted molar refractivity (Wildman–Crippen MR) is 88.5 cm³/mol. The molecule has 0 radical (unpaired) electrons. The standard InChI is InChI=1S/C19H18N2O3/c22-19(18-16-3-1-2-4-17(16)24-21-18)20-11-13-5-7-14(8-6-13)15-9-10-23-12-15/h5-10,12H,1-4,11H2,(H,20,22). The van der Waals surface area contributed by atoms with Crippen molar-refractivity contribution in [3.8, 4) is 11.1 Å². The first-order valence-corrected chi connectivity index (χ1v) is 8.18. The summed E-state index contributed by atoms with van der Waals surface area (Å²) in [6, 6.07) is 9.96. The summed E-state index contributed by atoms with van der Waals surface area (Å²) >= 11 is 0. The minimum atomic E-state index is -0.166. The molecule has 1 amide bonds. The van der Waals surface area contributed by atoms with E-state index in [-0.39, 0.29) is 5.91 Å². The number of carbonyl (C=O) groups excluding carboxylic acids is 1. The third-order valence-electron chi connectivity index (χ3n) is 4.43. The molecule has 0 saturated heterocycles. The van der Waals surface area contributed by atoms with Gasteiger partial charge in [-0.15, -0.1) is 0 Å². The van der Waals surface area contributed by atoms with Crippen LogP contribution in [-0.4, -0.2) is 11.1 Å². The van der Waals surface area contributed by atoms with Crippen molar-refractivity contribution in [2.45, 2.75) is 32.2 Å². The van der Waals surface area contributed by atoms with Gasteiger partial charge in [0.1, 0.15) is 5.76 Å². The number of aromatic nitrogens is 1. The molecule has 122 valence electrons. The molecule has 5 heteroatoms. The van der Waals surface area contributed by atoms with E-state index in [2.05, 4.69) is 10.5 Å². The molecule has 0 saturated carbocycles. The van der Waals surface area contributed by atoms with Crippen LogP contribution in [0.2, 0.25) is 0 Å². The van der Waals surface area contributed by atoms with E-state index in [0.717, 1.165) is 53.7 Å². The number of rotatable bonds is 4. The van der Waals surface area contributed by atoms with Crippen LogP contribution in [0.25, 0.3) is 11.1 Å². The molecule has 0 unspecified atom stereocenters. The van der Waals surface area contributed by atoms with Gasteiger partial charge in [0.2, 0.25) is 0 Å². The van der Waals surface area contributed by atoms with E-state index in [0.29, 0.717) is 12.2 Å². The highest BCUT2D eigenvalue weighted by atomic mass is 16.5. The SMILES string of the molecule is O=C(NCc1ccc(-c2ccoc2)cc1)c1noc2c1CCCC2. The molecular weight excluding hydrogens is 304 g/mol. The van der Waals surface area contributed by atoms with Gasteiger partial charge in [-0.05, 0) is 36.5 Å². The molecule has 0 aliphatic heterocycles. The van der Waals surface area contributed by atoms with Crippen LogP contribution in [0, 0.1) is 0 Å². The van der Waals surface area contributed by atoms with Crippen molar-refractivity contribution in [2.75, 3.05) is 0 Å². The number of furan rings is 1. The van der Waals surface area contributed by atoms with Gasteiger partial charge >= 0.3 is 0 Å². The van der Waals surface area contributed by atoms with E-state index in [4.69, 9.17) is 8.94 Å². The zero-order valence-electron chi connectivity index (χ0n) is 13.2. The minimum Gasteiger partial charge on any atom is -0.472 e. The summed E-state index contributed by atoms with van der Waals surface area (Å²) < 4.78 is 10.4. The van der Waals surface area contributed by atoms with Crippen molar-refractivity contribution in [3.05, 3.63) is 65.4 Å². The maximum absolute atomic E-state index is 12.4. The van der Waals surface area contributed by atoms with E-state index in [1.807, 2.05) is 30.3 Å². The molecule has 2 heterocycles. The second-order valence-electron chi connectivity index (χ2n) is 6.03. The molecule has 0 bridgehead atoms. The smallest absolute Gasteiger partial charge is 0.274 e. The summed E-state index contributed by atoms with van der Waals surface area (Å²) in [6.45, 7) is 0.464. The van der Waals surface area contributed by atoms with Crippen molar-refractivity contribution in [2.24, 2.45) is 0 Å². The van der Waals surface area contributed by atoms with E-state index in [1.54, 1.807) is 12.5 Å². The topological polar surface area (TPSA) is 68.3 Å². The molecule has 5 nitrogen and oxygen atoms in total. The summed E-state index contributed by atoms with van der Waals surface area (Å²) in [7, 11) is 0. The van der Waals surface area contributed by atoms with Crippen LogP contribution in [0.3, 0.4) is 0 Å². The fraction of sp³-hybridized carbons (Fsp3) is 0.263. The van der Waals surface area contributed by atoms with Gasteiger partial charge in [0, 0.05) is 24.1 Å². The molecule has 4 rings (SSSR count). The Morgan fingerprint density at radius 1 is 1.08 bits per heavy atom. The van der Waals surface area contributed by atoms with Crippen molar-refractivity contribution >= 4 is 5.91 Å². The highest BCUT2D eigenvalue weighted by molar-refractivity contribution is 5.93. The molecule has 1 aromatic carbocycles. The summed E-state index contributed by atoms with van der Waals surface area (Å²) in [5.41, 5.74) is 4.59. The summed E-state index contributed by atoms with van der Waals surface area (Å²) in [5, 5.41) is 6.89. The molecule has 3 aromatic rings. The molecule has 0 atom stereocenters. The third-order valence-corrected chi connectivity index (χ3v) is 4.43. The Hall–Kier alpha value is -2.82. The largest absolute Gasteiger partial charge is 0.472 e. The zero-order chi connectivity index (χ0) is 16.4. The minimum absolute atomic E-state index is 0.166. The Bertz CT molecular complexity index is 832. The lowest BCUT2D eigenvalue weighted by atomic mass is 9.96. The summed E-state index contributed by atoms with van der Waals surface area (Å²) in [6.07, 6.45) is 7.31. The number of fused-ring (bicyclic) bond motifs is 1. The van der Waals surface area contributed by atoms with Crippen LogP contribution in [-0.2, 0) is 19.4 Å². The lowest BCUT2D eigenvalue weighted by molar-refractivity contribution is 0.0941. The van der Waals surface area contributed by atoms with Crippen molar-refractivity contribution in [1.82, 2.24) is 10.5 Å². The zero-order valence-corrected chi connectivity index (χ0v) is 13.2. The van der Waals surface area contributed by atoms with Crippen molar-refractivity contribution < 1.29 is 13.7 Å². The van der Waals surface area contributed by atoms with E-state index in [9.17, 15) is 4.79 Å². The van der Waals surface area contributed by atoms with Gasteiger partial charge in [0.25, 0.3) is 5.91 Å². The van der Waals surface area contributed by atoms with E-state index >= 15 is 0 Å². The van der Waals surface area contributed by atoms with Crippen LogP contribution in [0.5, 0.6) is 0 Å². The van der Waals surface area contributed by atoms with Crippen LogP contribution >= 0.6 is 0 Å². The van der Waals surface area contributed by atoms with Gasteiger partial charge in [0.15, 0.2) is 5.69 Å². The van der Waals surface area contributed by atoms with Gasteiger partial charge in [-0.25, -0.2) is 0 Å². The third kappa shape index (κ3) is 2.85. The van der Waals surface area contributed by atoms with Crippen LogP contribution < -0.4 is 5.32 Å². The van der Waals surface area contributed by atoms with Crippen molar-refractivity contribution in [3.63, 3.8) is 0 Å². The first-order chi connectivity index (χ1) is 11.8. The number of carbonyl (C=O) groups is 1. The molecule has 1 N–H and O–H groups in total. The number of benzene rings is 1. The molecule has 0 fully saturated rings. The van der Waals surface area contributed by atoms with Gasteiger partial charge < -0.3 is 14.3 Å². The van der Waals surface area contributed by atoms with Gasteiger partial charge in [-0.3, -0.25) is 4.79 Å². The molecule has 0 spiro atoms. The first kappa shape index (κ1) is 14.8. The van der Waals surface area contributed by atoms with Crippen LogP contribution in [0.4, 0.5) is 0 Å². The maximum Gasteiger partial charge on any atom is 0.274 e. The Kier molecular flexibility index (Phi) is 3.91. The Labute approximate surface area is 139 Å². The average Bonchev–Trinajstić information content (AvgIpc) is 3.30. The second-order valence-corrected chi connectivity index (χ2v) is 6.03. The number of nitrogens with zero attached hydrogens (tertiary/aromatic N) is 1. The average molecular weight is 322 g/mol. The predicted octanol–water partition coefficient (Wildman–Crippen LogP) is 3.74. The van der Waals surface area contributed by atoms with Gasteiger partial charge in [-0.2, -0.15) is 0 Å². The number of aryl methyl sites for hydroxylation is 1. The summed E-state index contributed by atoms with van der Waals surface area (Å²) in [5.74, 6) is 0.705. The maximum atomic E-state index is 12.4. The number of hydrogen-bond acceptors (Lipinski definition) is 4. The molecular formula is C19H18N2O3. The quantitative estimate of drug-likeness (QED) is 0.794. The summed E-state index contributed by atoms with van der Waals surface area (Å²) in [4.78, 5) is 12.4. The Morgan fingerprint density at radius 3 is 2.71 bits per heavy atom. The normalized spacial score (nSPS) is 13.5. The number of amides is 1. The Balaban J connectivity index is 1.41. The molecule has 24 heavy (non-hydrogen) atoms. The molecule has 1 aliphatic carbocycles. The monoisotopic (exact) mass is 322 g/mol. The Morgan fingerprint density at radius 2 is 1.92 bits per heavy atom. The number of nitrogens with one attached hydrogen (secondary N) is 1. The lowest BCUT2D eigenvalue weighted by Gasteiger charge is -2.09. The second kappa shape index (κ2) is 6.35.